The number of likely N-dealkylation sites (tertiary alicyclic amines) is 1. The van der Waals surface area contributed by atoms with Crippen LogP contribution in [0.2, 0.25) is 0 Å². The predicted octanol–water partition coefficient (Wildman–Crippen LogP) is 3.84. The number of fused-ring (bicyclic) bond motifs is 3. The van der Waals surface area contributed by atoms with E-state index in [0.717, 1.165) is 30.4 Å². The zero-order valence-electron chi connectivity index (χ0n) is 21.1. The monoisotopic (exact) mass is 515 g/mol. The van der Waals surface area contributed by atoms with Crippen LogP contribution in [0.3, 0.4) is 0 Å². The summed E-state index contributed by atoms with van der Waals surface area (Å²) in [4.78, 5) is 40.2. The summed E-state index contributed by atoms with van der Waals surface area (Å²) in [6, 6.07) is 5.42. The number of carbonyl (C=O) groups is 3. The fourth-order valence-electron chi connectivity index (χ4n) is 7.40. The lowest BCUT2D eigenvalue weighted by Gasteiger charge is -2.53. The van der Waals surface area contributed by atoms with Crippen molar-refractivity contribution in [3.05, 3.63) is 29.3 Å². The highest BCUT2D eigenvalue weighted by Crippen LogP contribution is 2.49. The topological polar surface area (TPSA) is 90.0 Å². The number of piperidine rings is 2. The summed E-state index contributed by atoms with van der Waals surface area (Å²) in [6.07, 6.45) is 8.13. The summed E-state index contributed by atoms with van der Waals surface area (Å²) < 4.78 is 26.2. The van der Waals surface area contributed by atoms with E-state index in [2.05, 4.69) is 10.2 Å². The molecule has 2 bridgehead atoms. The van der Waals surface area contributed by atoms with Crippen LogP contribution in [0, 0.1) is 17.8 Å². The smallest absolute Gasteiger partial charge is 0.255 e. The van der Waals surface area contributed by atoms with Crippen LogP contribution in [-0.4, -0.2) is 63.2 Å². The standard InChI is InChI=1S/C14H23F2N.C14H12N2O4/c15-14(16)7-5-11(6-8-14)12-9-17(10-12)13-3-1-2-4-13;17-9-1-2-10-7(3-9)6-16(12(10)19)14-4-8(5-14)11(18)15-13(14)20/h11-13H,1-10H2;1-3,8,17H,4-6H2,(H,15,18,20). The number of imide groups is 1. The number of hydrogen-bond donors (Lipinski definition) is 2. The summed E-state index contributed by atoms with van der Waals surface area (Å²) >= 11 is 0. The van der Waals surface area contributed by atoms with Crippen LogP contribution >= 0.6 is 0 Å². The number of phenolic OH excluding ortho intramolecular Hbond substituents is 1. The molecule has 7 aliphatic rings. The first-order valence-electron chi connectivity index (χ1n) is 13.8. The van der Waals surface area contributed by atoms with E-state index in [1.165, 1.54) is 49.7 Å². The molecular formula is C28H35F2N3O4. The van der Waals surface area contributed by atoms with Crippen molar-refractivity contribution in [1.29, 1.82) is 0 Å². The van der Waals surface area contributed by atoms with Crippen molar-refractivity contribution in [2.45, 2.75) is 88.3 Å². The number of hydrogen-bond acceptors (Lipinski definition) is 5. The van der Waals surface area contributed by atoms with Gasteiger partial charge >= 0.3 is 0 Å². The number of halogens is 2. The quantitative estimate of drug-likeness (QED) is 0.597. The zero-order valence-corrected chi connectivity index (χ0v) is 21.1. The second kappa shape index (κ2) is 9.03. The molecule has 0 aromatic heterocycles. The molecule has 0 radical (unpaired) electrons. The minimum Gasteiger partial charge on any atom is -0.508 e. The lowest BCUT2D eigenvalue weighted by Crippen LogP contribution is -2.73. The van der Waals surface area contributed by atoms with Crippen molar-refractivity contribution >= 4 is 17.7 Å². The highest BCUT2D eigenvalue weighted by molar-refractivity contribution is 6.10. The normalized spacial score (nSPS) is 31.8. The zero-order chi connectivity index (χ0) is 25.9. The number of alkyl halides is 2. The van der Waals surface area contributed by atoms with Crippen LogP contribution in [0.4, 0.5) is 8.78 Å². The molecule has 9 heteroatoms. The first-order valence-corrected chi connectivity index (χ1v) is 13.8. The third-order valence-electron chi connectivity index (χ3n) is 9.82. The largest absolute Gasteiger partial charge is 0.508 e. The minimum absolute atomic E-state index is 0.102. The van der Waals surface area contributed by atoms with Crippen LogP contribution in [0.25, 0.3) is 0 Å². The van der Waals surface area contributed by atoms with Crippen molar-refractivity contribution < 1.29 is 28.3 Å². The summed E-state index contributed by atoms with van der Waals surface area (Å²) in [5.41, 5.74) is 0.354. The molecule has 1 aromatic rings. The van der Waals surface area contributed by atoms with E-state index in [1.807, 2.05) is 0 Å². The van der Waals surface area contributed by atoms with Crippen LogP contribution < -0.4 is 5.32 Å². The molecule has 3 saturated heterocycles. The number of aromatic hydroxyl groups is 1. The van der Waals surface area contributed by atoms with E-state index in [1.54, 1.807) is 12.1 Å². The minimum atomic E-state index is -2.36. The van der Waals surface area contributed by atoms with Crippen molar-refractivity contribution in [3.63, 3.8) is 0 Å². The Morgan fingerprint density at radius 1 is 0.946 bits per heavy atom. The number of nitrogens with zero attached hydrogens (tertiary/aromatic N) is 2. The second-order valence-electron chi connectivity index (χ2n) is 12.0. The molecule has 1 aromatic carbocycles. The Balaban J connectivity index is 0.000000138. The van der Waals surface area contributed by atoms with E-state index in [4.69, 9.17) is 0 Å². The highest BCUT2D eigenvalue weighted by atomic mass is 19.3. The Kier molecular flexibility index (Phi) is 6.05. The van der Waals surface area contributed by atoms with Gasteiger partial charge in [0, 0.05) is 50.0 Å². The molecule has 7 nitrogen and oxygen atoms in total. The van der Waals surface area contributed by atoms with Crippen molar-refractivity contribution in [1.82, 2.24) is 15.1 Å². The molecule has 0 spiro atoms. The average Bonchev–Trinajstić information content (AvgIpc) is 3.42. The summed E-state index contributed by atoms with van der Waals surface area (Å²) in [5, 5.41) is 11.8. The van der Waals surface area contributed by atoms with E-state index in [0.29, 0.717) is 30.9 Å². The number of benzene rings is 1. The Morgan fingerprint density at radius 2 is 1.62 bits per heavy atom. The number of nitrogens with one attached hydrogen (secondary N) is 1. The van der Waals surface area contributed by atoms with Gasteiger partial charge in [-0.3, -0.25) is 24.6 Å². The third-order valence-corrected chi connectivity index (χ3v) is 9.82. The van der Waals surface area contributed by atoms with E-state index in [9.17, 15) is 28.3 Å². The van der Waals surface area contributed by atoms with Crippen molar-refractivity contribution in [3.8, 4) is 5.75 Å². The fraction of sp³-hybridized carbons (Fsp3) is 0.679. The van der Waals surface area contributed by atoms with Gasteiger partial charge in [0.25, 0.3) is 11.8 Å². The van der Waals surface area contributed by atoms with E-state index < -0.39 is 11.5 Å². The Labute approximate surface area is 215 Å². The first-order chi connectivity index (χ1) is 17.6. The number of phenols is 1. The Hall–Kier alpha value is -2.55. The van der Waals surface area contributed by atoms with Gasteiger partial charge in [0.1, 0.15) is 11.3 Å². The van der Waals surface area contributed by atoms with E-state index in [-0.39, 0.29) is 42.2 Å². The molecule has 0 unspecified atom stereocenters. The molecule has 2 N–H and O–H groups in total. The maximum Gasteiger partial charge on any atom is 0.255 e. The van der Waals surface area contributed by atoms with Gasteiger partial charge in [0.05, 0.1) is 0 Å². The van der Waals surface area contributed by atoms with E-state index >= 15 is 0 Å². The maximum absolute atomic E-state index is 13.1. The van der Waals surface area contributed by atoms with Gasteiger partial charge in [-0.25, -0.2) is 8.78 Å². The van der Waals surface area contributed by atoms with Gasteiger partial charge in [-0.15, -0.1) is 0 Å². The van der Waals surface area contributed by atoms with Gasteiger partial charge in [-0.2, -0.15) is 0 Å². The third kappa shape index (κ3) is 4.33. The maximum atomic E-state index is 13.1. The first kappa shape index (κ1) is 24.8. The van der Waals surface area contributed by atoms with Crippen LogP contribution in [-0.2, 0) is 16.1 Å². The molecule has 37 heavy (non-hydrogen) atoms. The molecule has 3 saturated carbocycles. The number of carbonyl (C=O) groups excluding carboxylic acids is 3. The van der Waals surface area contributed by atoms with Gasteiger partial charge in [-0.05, 0) is 74.1 Å². The fourth-order valence-corrected chi connectivity index (χ4v) is 7.40. The molecule has 8 rings (SSSR count). The second-order valence-corrected chi connectivity index (χ2v) is 12.0. The van der Waals surface area contributed by atoms with Crippen LogP contribution in [0.1, 0.15) is 80.1 Å². The average molecular weight is 516 g/mol. The molecule has 3 amide bonds. The van der Waals surface area contributed by atoms with Crippen LogP contribution in [0.15, 0.2) is 18.2 Å². The summed E-state index contributed by atoms with van der Waals surface area (Å²) in [5.74, 6) is -1.93. The molecule has 4 heterocycles. The number of amides is 3. The van der Waals surface area contributed by atoms with Gasteiger partial charge < -0.3 is 10.0 Å². The number of rotatable bonds is 3. The molecular weight excluding hydrogens is 480 g/mol. The molecule has 0 atom stereocenters. The molecule has 6 fully saturated rings. The van der Waals surface area contributed by atoms with Gasteiger partial charge in [0.15, 0.2) is 0 Å². The Bertz CT molecular complexity index is 1100. The molecule has 3 aliphatic carbocycles. The van der Waals surface area contributed by atoms with Crippen LogP contribution in [0.5, 0.6) is 5.75 Å². The van der Waals surface area contributed by atoms with Gasteiger partial charge in [-0.1, -0.05) is 12.8 Å². The van der Waals surface area contributed by atoms with Crippen molar-refractivity contribution in [2.75, 3.05) is 13.1 Å². The van der Waals surface area contributed by atoms with Gasteiger partial charge in [0.2, 0.25) is 11.8 Å². The lowest BCUT2D eigenvalue weighted by molar-refractivity contribution is -0.160. The molecule has 200 valence electrons. The predicted molar refractivity (Wildman–Crippen MR) is 131 cm³/mol. The Morgan fingerprint density at radius 3 is 2.27 bits per heavy atom. The molecule has 4 aliphatic heterocycles. The van der Waals surface area contributed by atoms with Crippen molar-refractivity contribution in [2.24, 2.45) is 17.8 Å². The lowest BCUT2D eigenvalue weighted by atomic mass is 9.63. The summed E-state index contributed by atoms with van der Waals surface area (Å²) in [6.45, 7) is 2.69. The summed E-state index contributed by atoms with van der Waals surface area (Å²) in [7, 11) is 0. The highest BCUT2D eigenvalue weighted by Gasteiger charge is 2.63. The SMILES string of the molecule is FC1(F)CCC(C2CN(C3CCCC3)C2)CC1.O=C1NC(=O)C2(N3Cc4cc(O)ccc4C3=O)CC1C2.